The van der Waals surface area contributed by atoms with Crippen molar-refractivity contribution >= 4 is 11.7 Å². The Balaban J connectivity index is 2.30. The summed E-state index contributed by atoms with van der Waals surface area (Å²) in [6.45, 7) is 7.98. The van der Waals surface area contributed by atoms with Crippen LogP contribution in [0.3, 0.4) is 0 Å². The van der Waals surface area contributed by atoms with Gasteiger partial charge in [-0.2, -0.15) is 0 Å². The van der Waals surface area contributed by atoms with Crippen LogP contribution in [-0.4, -0.2) is 10.9 Å². The molecule has 1 amide bonds. The molecule has 3 nitrogen and oxygen atoms in total. The molecule has 1 aromatic carbocycles. The molecule has 1 aromatic heterocycles. The fraction of sp³-hybridized carbons (Fsp3) is 0.294. The van der Waals surface area contributed by atoms with Gasteiger partial charge in [0, 0.05) is 18.7 Å². The van der Waals surface area contributed by atoms with Gasteiger partial charge in [0.05, 0.1) is 0 Å². The molecule has 20 heavy (non-hydrogen) atoms. The van der Waals surface area contributed by atoms with Crippen LogP contribution in [0, 0.1) is 6.92 Å². The number of hydrogen-bond donors (Lipinski definition) is 1. The third-order valence-corrected chi connectivity index (χ3v) is 3.30. The van der Waals surface area contributed by atoms with Crippen LogP contribution in [-0.2, 0) is 4.79 Å². The molecule has 1 N–H and O–H groups in total. The van der Waals surface area contributed by atoms with Crippen LogP contribution in [0.1, 0.15) is 37.8 Å². The average Bonchev–Trinajstić information content (AvgIpc) is 2.39. The van der Waals surface area contributed by atoms with Crippen molar-refractivity contribution in [3.63, 3.8) is 0 Å². The molecule has 1 heterocycles. The zero-order valence-electron chi connectivity index (χ0n) is 12.4. The van der Waals surface area contributed by atoms with Crippen LogP contribution < -0.4 is 5.32 Å². The lowest BCUT2D eigenvalue weighted by atomic mass is 9.95. The van der Waals surface area contributed by atoms with Crippen LogP contribution in [0.4, 0.5) is 5.82 Å². The van der Waals surface area contributed by atoms with Crippen molar-refractivity contribution in [2.75, 3.05) is 5.32 Å². The average molecular weight is 268 g/mol. The second kappa shape index (κ2) is 5.87. The number of nitrogens with one attached hydrogen (secondary N) is 1. The molecule has 2 rings (SSSR count). The van der Waals surface area contributed by atoms with Gasteiger partial charge in [-0.25, -0.2) is 4.98 Å². The van der Waals surface area contributed by atoms with Crippen LogP contribution >= 0.6 is 0 Å². The summed E-state index contributed by atoms with van der Waals surface area (Å²) in [6, 6.07) is 10.3. The Morgan fingerprint density at radius 2 is 1.95 bits per heavy atom. The molecule has 104 valence electrons. The predicted octanol–water partition coefficient (Wildman–Crippen LogP) is 4.14. The van der Waals surface area contributed by atoms with Crippen LogP contribution in [0.2, 0.25) is 0 Å². The maximum Gasteiger partial charge on any atom is 0.222 e. The molecule has 0 unspecified atom stereocenters. The van der Waals surface area contributed by atoms with Crippen molar-refractivity contribution < 1.29 is 4.79 Å². The van der Waals surface area contributed by atoms with E-state index in [1.165, 1.54) is 23.6 Å². The minimum Gasteiger partial charge on any atom is -0.311 e. The highest BCUT2D eigenvalue weighted by molar-refractivity contribution is 5.87. The number of hydrogen-bond acceptors (Lipinski definition) is 2. The van der Waals surface area contributed by atoms with Gasteiger partial charge in [0.15, 0.2) is 0 Å². The summed E-state index contributed by atoms with van der Waals surface area (Å²) in [7, 11) is 0. The summed E-state index contributed by atoms with van der Waals surface area (Å²) >= 11 is 0. The van der Waals surface area contributed by atoms with Crippen LogP contribution in [0.15, 0.2) is 36.5 Å². The Hall–Kier alpha value is -2.16. The largest absolute Gasteiger partial charge is 0.311 e. The molecule has 0 aliphatic rings. The number of carbonyl (C=O) groups excluding carboxylic acids is 1. The van der Waals surface area contributed by atoms with Crippen molar-refractivity contribution in [3.8, 4) is 11.1 Å². The first-order valence-corrected chi connectivity index (χ1v) is 6.82. The summed E-state index contributed by atoms with van der Waals surface area (Å²) in [4.78, 5) is 15.2. The highest BCUT2D eigenvalue weighted by Crippen LogP contribution is 2.26. The maximum atomic E-state index is 11.0. The first-order valence-electron chi connectivity index (χ1n) is 6.82. The maximum absolute atomic E-state index is 11.0. The van der Waals surface area contributed by atoms with Crippen molar-refractivity contribution in [2.45, 2.75) is 33.6 Å². The van der Waals surface area contributed by atoms with E-state index in [0.717, 1.165) is 5.56 Å². The summed E-state index contributed by atoms with van der Waals surface area (Å²) < 4.78 is 0. The highest BCUT2D eigenvalue weighted by atomic mass is 16.1. The lowest BCUT2D eigenvalue weighted by molar-refractivity contribution is -0.114. The Morgan fingerprint density at radius 1 is 1.20 bits per heavy atom. The van der Waals surface area contributed by atoms with Crippen molar-refractivity contribution in [1.82, 2.24) is 4.98 Å². The van der Waals surface area contributed by atoms with Crippen molar-refractivity contribution in [1.29, 1.82) is 0 Å². The minimum atomic E-state index is -0.109. The van der Waals surface area contributed by atoms with Gasteiger partial charge in [0.2, 0.25) is 5.91 Å². The molecule has 0 spiro atoms. The highest BCUT2D eigenvalue weighted by Gasteiger charge is 2.06. The summed E-state index contributed by atoms with van der Waals surface area (Å²) in [6.07, 6.45) is 1.79. The smallest absolute Gasteiger partial charge is 0.222 e. The standard InChI is InChI=1S/C17H20N2O/c1-11(2)14-5-7-16(12(3)9-14)15-6-8-17(18-10-15)19-13(4)20/h5-11H,1-4H3,(H,18,19,20). The molecular formula is C17H20N2O. The molecule has 0 aliphatic heterocycles. The number of benzene rings is 1. The minimum absolute atomic E-state index is 0.109. The molecule has 0 atom stereocenters. The monoisotopic (exact) mass is 268 g/mol. The van der Waals surface area contributed by atoms with E-state index in [4.69, 9.17) is 0 Å². The quantitative estimate of drug-likeness (QED) is 0.909. The SMILES string of the molecule is CC(=O)Nc1ccc(-c2ccc(C(C)C)cc2C)cn1. The zero-order valence-corrected chi connectivity index (χ0v) is 12.4. The zero-order chi connectivity index (χ0) is 14.7. The molecule has 0 aliphatic carbocycles. The number of amides is 1. The molecule has 0 saturated heterocycles. The van der Waals surface area contributed by atoms with Gasteiger partial charge in [-0.3, -0.25) is 4.79 Å². The van der Waals surface area contributed by atoms with E-state index >= 15 is 0 Å². The molecule has 0 bridgehead atoms. The number of rotatable bonds is 3. The lowest BCUT2D eigenvalue weighted by Gasteiger charge is -2.11. The summed E-state index contributed by atoms with van der Waals surface area (Å²) in [5.74, 6) is 1.00. The second-order valence-corrected chi connectivity index (χ2v) is 5.34. The number of aryl methyl sites for hydroxylation is 1. The molecule has 0 radical (unpaired) electrons. The molecule has 0 saturated carbocycles. The molecule has 3 heteroatoms. The Morgan fingerprint density at radius 3 is 2.45 bits per heavy atom. The van der Waals surface area contributed by atoms with E-state index < -0.39 is 0 Å². The molecule has 0 fully saturated rings. The third-order valence-electron chi connectivity index (χ3n) is 3.30. The van der Waals surface area contributed by atoms with E-state index in [-0.39, 0.29) is 5.91 Å². The van der Waals surface area contributed by atoms with Gasteiger partial charge in [0.25, 0.3) is 0 Å². The predicted molar refractivity (Wildman–Crippen MR) is 82.8 cm³/mol. The van der Waals surface area contributed by atoms with E-state index in [2.05, 4.69) is 49.3 Å². The van der Waals surface area contributed by atoms with Crippen molar-refractivity contribution in [3.05, 3.63) is 47.7 Å². The van der Waals surface area contributed by atoms with Gasteiger partial charge < -0.3 is 5.32 Å². The second-order valence-electron chi connectivity index (χ2n) is 5.34. The van der Waals surface area contributed by atoms with Crippen molar-refractivity contribution in [2.24, 2.45) is 0 Å². The fourth-order valence-corrected chi connectivity index (χ4v) is 2.18. The van der Waals surface area contributed by atoms with E-state index in [1.807, 2.05) is 12.1 Å². The van der Waals surface area contributed by atoms with Gasteiger partial charge in [-0.1, -0.05) is 32.0 Å². The third kappa shape index (κ3) is 3.23. The Bertz CT molecular complexity index is 615. The van der Waals surface area contributed by atoms with Gasteiger partial charge >= 0.3 is 0 Å². The first kappa shape index (κ1) is 14.3. The van der Waals surface area contributed by atoms with Gasteiger partial charge in [0.1, 0.15) is 5.82 Å². The Kier molecular flexibility index (Phi) is 4.18. The van der Waals surface area contributed by atoms with Gasteiger partial charge in [-0.05, 0) is 41.7 Å². The first-order chi connectivity index (χ1) is 9.47. The molecule has 2 aromatic rings. The number of pyridine rings is 1. The number of aromatic nitrogens is 1. The van der Waals surface area contributed by atoms with E-state index in [1.54, 1.807) is 6.20 Å². The van der Waals surface area contributed by atoms with Gasteiger partial charge in [-0.15, -0.1) is 0 Å². The Labute approximate surface area is 120 Å². The summed E-state index contributed by atoms with van der Waals surface area (Å²) in [5, 5.41) is 2.67. The number of anilines is 1. The number of carbonyl (C=O) groups is 1. The van der Waals surface area contributed by atoms with E-state index in [0.29, 0.717) is 11.7 Å². The fourth-order valence-electron chi connectivity index (χ4n) is 2.18. The van der Waals surface area contributed by atoms with Crippen LogP contribution in [0.5, 0.6) is 0 Å². The normalized spacial score (nSPS) is 10.7. The lowest BCUT2D eigenvalue weighted by Crippen LogP contribution is -2.06. The van der Waals surface area contributed by atoms with E-state index in [9.17, 15) is 4.79 Å². The summed E-state index contributed by atoms with van der Waals surface area (Å²) in [5.41, 5.74) is 4.82. The van der Waals surface area contributed by atoms with Crippen LogP contribution in [0.25, 0.3) is 11.1 Å². The topological polar surface area (TPSA) is 42.0 Å². The number of nitrogens with zero attached hydrogens (tertiary/aromatic N) is 1. The molecular weight excluding hydrogens is 248 g/mol.